The number of hydrogen-bond acceptors (Lipinski definition) is 3. The topological polar surface area (TPSA) is 21.7 Å². The second-order valence-electron chi connectivity index (χ2n) is 5.67. The summed E-state index contributed by atoms with van der Waals surface area (Å²) in [5, 5.41) is 0. The van der Waals surface area contributed by atoms with Crippen molar-refractivity contribution in [2.75, 3.05) is 20.4 Å². The molecule has 2 aromatic rings. The zero-order valence-corrected chi connectivity index (χ0v) is 14.0. The van der Waals surface area contributed by atoms with Crippen LogP contribution in [0.25, 0.3) is 11.1 Å². The van der Waals surface area contributed by atoms with E-state index in [1.807, 2.05) is 0 Å². The average molecular weight is 393 g/mol. The van der Waals surface area contributed by atoms with Crippen molar-refractivity contribution in [1.29, 1.82) is 0 Å². The number of fused-ring (bicyclic) bond motifs is 4. The SMILES string of the molecule is CN1CCc2cc3c(c4c2I1Cc1ccccc1-4)OCO3. The Kier molecular flexibility index (Phi) is 2.55. The van der Waals surface area contributed by atoms with Crippen LogP contribution in [0, 0.1) is 3.57 Å². The van der Waals surface area contributed by atoms with E-state index in [0.717, 1.165) is 17.9 Å². The van der Waals surface area contributed by atoms with E-state index in [1.54, 1.807) is 3.57 Å². The predicted octanol–water partition coefficient (Wildman–Crippen LogP) is 3.67. The molecule has 0 fully saturated rings. The molecule has 0 unspecified atom stereocenters. The van der Waals surface area contributed by atoms with Crippen molar-refractivity contribution in [3.63, 3.8) is 0 Å². The molecule has 2 aromatic carbocycles. The van der Waals surface area contributed by atoms with E-state index in [-0.39, 0.29) is 0 Å². The number of likely N-dealkylation sites (N-methyl/N-ethyl adjacent to an activating group) is 1. The van der Waals surface area contributed by atoms with E-state index >= 15 is 0 Å². The Balaban J connectivity index is 1.89. The summed E-state index contributed by atoms with van der Waals surface area (Å²) in [5.74, 6) is 1.93. The summed E-state index contributed by atoms with van der Waals surface area (Å²) < 4.78 is 17.0. The molecule has 0 bridgehead atoms. The second kappa shape index (κ2) is 4.36. The zero-order chi connectivity index (χ0) is 14.0. The molecule has 4 heteroatoms. The quantitative estimate of drug-likeness (QED) is 0.387. The third kappa shape index (κ3) is 1.63. The molecule has 21 heavy (non-hydrogen) atoms. The molecular formula is C17H16INO2. The fourth-order valence-electron chi connectivity index (χ4n) is 3.45. The van der Waals surface area contributed by atoms with E-state index in [1.165, 1.54) is 33.2 Å². The van der Waals surface area contributed by atoms with Crippen molar-refractivity contribution in [2.45, 2.75) is 10.8 Å². The first-order valence-electron chi connectivity index (χ1n) is 7.24. The normalized spacial score (nSPS) is 20.1. The van der Waals surface area contributed by atoms with Gasteiger partial charge < -0.3 is 0 Å². The van der Waals surface area contributed by atoms with Crippen molar-refractivity contribution in [1.82, 2.24) is 3.11 Å². The summed E-state index contributed by atoms with van der Waals surface area (Å²) in [4.78, 5) is 0. The van der Waals surface area contributed by atoms with Gasteiger partial charge in [0.05, 0.1) is 0 Å². The van der Waals surface area contributed by atoms with Gasteiger partial charge in [-0.2, -0.15) is 0 Å². The summed E-state index contributed by atoms with van der Waals surface area (Å²) in [6.07, 6.45) is 1.13. The van der Waals surface area contributed by atoms with Crippen LogP contribution < -0.4 is 9.47 Å². The molecule has 3 nitrogen and oxygen atoms in total. The van der Waals surface area contributed by atoms with Crippen LogP contribution in [0.2, 0.25) is 0 Å². The zero-order valence-electron chi connectivity index (χ0n) is 11.9. The summed E-state index contributed by atoms with van der Waals surface area (Å²) in [5.41, 5.74) is 5.70. The molecule has 3 heterocycles. The molecule has 0 N–H and O–H groups in total. The number of benzene rings is 2. The van der Waals surface area contributed by atoms with Crippen molar-refractivity contribution < 1.29 is 9.47 Å². The van der Waals surface area contributed by atoms with Crippen LogP contribution in [0.3, 0.4) is 0 Å². The monoisotopic (exact) mass is 393 g/mol. The number of halogens is 1. The summed E-state index contributed by atoms with van der Waals surface area (Å²) in [6, 6.07) is 11.1. The van der Waals surface area contributed by atoms with Gasteiger partial charge in [-0.1, -0.05) is 0 Å². The molecule has 0 saturated heterocycles. The minimum absolute atomic E-state index is 0.359. The molecule has 3 aliphatic rings. The molecule has 0 radical (unpaired) electrons. The number of nitrogens with zero attached hydrogens (tertiary/aromatic N) is 1. The molecule has 0 spiro atoms. The Bertz CT molecular complexity index is 759. The Labute approximate surface area is 131 Å². The Morgan fingerprint density at radius 3 is 3.00 bits per heavy atom. The molecule has 3 aliphatic heterocycles. The first kappa shape index (κ1) is 12.3. The van der Waals surface area contributed by atoms with Crippen LogP contribution in [0.1, 0.15) is 11.1 Å². The molecular weight excluding hydrogens is 377 g/mol. The van der Waals surface area contributed by atoms with Crippen molar-refractivity contribution in [3.05, 3.63) is 45.0 Å². The van der Waals surface area contributed by atoms with Crippen LogP contribution in [0.15, 0.2) is 30.3 Å². The van der Waals surface area contributed by atoms with Gasteiger partial charge in [-0.05, 0) is 0 Å². The number of ether oxygens (including phenoxy) is 2. The van der Waals surface area contributed by atoms with Gasteiger partial charge in [-0.3, -0.25) is 0 Å². The van der Waals surface area contributed by atoms with E-state index in [2.05, 4.69) is 40.5 Å². The van der Waals surface area contributed by atoms with Crippen LogP contribution in [0.4, 0.5) is 0 Å². The van der Waals surface area contributed by atoms with Gasteiger partial charge >= 0.3 is 132 Å². The van der Waals surface area contributed by atoms with Gasteiger partial charge in [0.15, 0.2) is 0 Å². The fraction of sp³-hybridized carbons (Fsp3) is 0.294. The van der Waals surface area contributed by atoms with E-state index < -0.39 is 20.1 Å². The van der Waals surface area contributed by atoms with Gasteiger partial charge in [-0.25, -0.2) is 0 Å². The van der Waals surface area contributed by atoms with Crippen molar-refractivity contribution >= 4 is 20.1 Å². The van der Waals surface area contributed by atoms with E-state index in [9.17, 15) is 0 Å². The number of hydrogen-bond donors (Lipinski definition) is 0. The molecule has 108 valence electrons. The number of alkyl halides is 1. The molecule has 0 aromatic heterocycles. The first-order valence-corrected chi connectivity index (χ1v) is 10.8. The second-order valence-corrected chi connectivity index (χ2v) is 11.1. The third-order valence-corrected chi connectivity index (χ3v) is 11.0. The Hall–Kier alpha value is -1.27. The Morgan fingerprint density at radius 1 is 1.14 bits per heavy atom. The third-order valence-electron chi connectivity index (χ3n) is 4.49. The first-order chi connectivity index (χ1) is 10.3. The summed E-state index contributed by atoms with van der Waals surface area (Å²) >= 11 is -1.33. The molecule has 0 saturated carbocycles. The fourth-order valence-corrected chi connectivity index (χ4v) is 9.89. The van der Waals surface area contributed by atoms with Crippen molar-refractivity contribution in [2.24, 2.45) is 0 Å². The van der Waals surface area contributed by atoms with Gasteiger partial charge in [0.1, 0.15) is 0 Å². The standard InChI is InChI=1S/C17H16INO2/c1-19-7-6-11-8-14-17(21-10-20-14)15-13-5-3-2-4-12(13)9-18(19)16(11)15/h2-5,8H,6-7,9-10H2,1H3. The van der Waals surface area contributed by atoms with Crippen molar-refractivity contribution in [3.8, 4) is 22.6 Å². The van der Waals surface area contributed by atoms with Crippen LogP contribution in [0.5, 0.6) is 11.5 Å². The van der Waals surface area contributed by atoms with Gasteiger partial charge in [0.25, 0.3) is 0 Å². The summed E-state index contributed by atoms with van der Waals surface area (Å²) in [6.45, 7) is 1.54. The van der Waals surface area contributed by atoms with Crippen LogP contribution in [-0.2, 0) is 10.8 Å². The predicted molar refractivity (Wildman–Crippen MR) is 90.8 cm³/mol. The maximum atomic E-state index is 5.85. The van der Waals surface area contributed by atoms with Gasteiger partial charge in [-0.15, -0.1) is 0 Å². The summed E-state index contributed by atoms with van der Waals surface area (Å²) in [7, 11) is 2.30. The number of rotatable bonds is 0. The maximum absolute atomic E-state index is 5.85. The molecule has 0 aliphatic carbocycles. The minimum atomic E-state index is -1.33. The molecule has 0 amide bonds. The van der Waals surface area contributed by atoms with E-state index in [0.29, 0.717) is 6.79 Å². The van der Waals surface area contributed by atoms with Gasteiger partial charge in [0.2, 0.25) is 0 Å². The van der Waals surface area contributed by atoms with Crippen LogP contribution >= 0.6 is 20.1 Å². The van der Waals surface area contributed by atoms with E-state index in [4.69, 9.17) is 9.47 Å². The average Bonchev–Trinajstić information content (AvgIpc) is 2.98. The van der Waals surface area contributed by atoms with Gasteiger partial charge in [0, 0.05) is 0 Å². The molecule has 0 atom stereocenters. The van der Waals surface area contributed by atoms with Crippen LogP contribution in [-0.4, -0.2) is 23.5 Å². The Morgan fingerprint density at radius 2 is 2.05 bits per heavy atom. The molecule has 5 rings (SSSR count).